The van der Waals surface area contributed by atoms with Crippen molar-refractivity contribution in [2.75, 3.05) is 6.54 Å². The fraction of sp³-hybridized carbons (Fsp3) is 0.222. The van der Waals surface area contributed by atoms with E-state index >= 15 is 0 Å². The van der Waals surface area contributed by atoms with Gasteiger partial charge in [-0.25, -0.2) is 21.9 Å². The van der Waals surface area contributed by atoms with Crippen molar-refractivity contribution in [3.8, 4) is 0 Å². The largest absolute Gasteiger partial charge is 0.458 e. The molecule has 0 aliphatic rings. The minimum Gasteiger partial charge on any atom is -0.458 e. The molecule has 0 aliphatic heterocycles. The summed E-state index contributed by atoms with van der Waals surface area (Å²) in [5.41, 5.74) is -1.35. The summed E-state index contributed by atoms with van der Waals surface area (Å²) in [5, 5.41) is 11.3. The maximum atomic E-state index is 13.6. The van der Waals surface area contributed by atoms with Crippen molar-refractivity contribution in [1.29, 1.82) is 0 Å². The lowest BCUT2D eigenvalue weighted by molar-refractivity contribution is 0.0411. The van der Waals surface area contributed by atoms with Gasteiger partial charge in [-0.05, 0) is 37.3 Å². The summed E-state index contributed by atoms with van der Waals surface area (Å²) in [6, 6.07) is 11.3. The Morgan fingerprint density at radius 3 is 2.62 bits per heavy atom. The quantitative estimate of drug-likeness (QED) is 0.688. The third-order valence-corrected chi connectivity index (χ3v) is 5.22. The van der Waals surface area contributed by atoms with E-state index in [4.69, 9.17) is 4.42 Å². The number of hydrogen-bond donors (Lipinski definition) is 2. The lowest BCUT2D eigenvalue weighted by atomic mass is 10.0. The van der Waals surface area contributed by atoms with Gasteiger partial charge in [-0.15, -0.1) is 0 Å². The molecular weight excluding hydrogens is 364 g/mol. The number of fused-ring (bicyclic) bond motifs is 1. The van der Waals surface area contributed by atoms with Crippen LogP contribution in [0.15, 0.2) is 52.9 Å². The Bertz CT molecular complexity index is 1010. The highest BCUT2D eigenvalue weighted by Crippen LogP contribution is 2.27. The van der Waals surface area contributed by atoms with E-state index < -0.39 is 33.0 Å². The molecule has 8 heteroatoms. The lowest BCUT2D eigenvalue weighted by Crippen LogP contribution is -2.38. The summed E-state index contributed by atoms with van der Waals surface area (Å²) in [4.78, 5) is 0. The summed E-state index contributed by atoms with van der Waals surface area (Å²) in [5.74, 6) is -2.10. The molecule has 3 rings (SSSR count). The van der Waals surface area contributed by atoms with Crippen LogP contribution in [0.25, 0.3) is 11.0 Å². The van der Waals surface area contributed by atoms with Gasteiger partial charge in [0.2, 0.25) is 10.0 Å². The zero-order valence-corrected chi connectivity index (χ0v) is 14.7. The number of hydrogen-bond acceptors (Lipinski definition) is 4. The maximum Gasteiger partial charge on any atom is 0.216 e. The molecule has 0 fully saturated rings. The second-order valence-corrected chi connectivity index (χ2v) is 8.05. The first kappa shape index (κ1) is 18.5. The molecular formula is C18H17F2NO4S. The van der Waals surface area contributed by atoms with Crippen LogP contribution in [0.2, 0.25) is 0 Å². The smallest absolute Gasteiger partial charge is 0.216 e. The number of aliphatic hydroxyl groups is 1. The second kappa shape index (κ2) is 6.79. The van der Waals surface area contributed by atoms with E-state index in [1.807, 2.05) is 6.07 Å². The molecule has 2 aromatic carbocycles. The summed E-state index contributed by atoms with van der Waals surface area (Å²) in [7, 11) is -4.00. The Labute approximate surface area is 149 Å². The zero-order chi connectivity index (χ0) is 18.9. The maximum absolute atomic E-state index is 13.6. The molecule has 138 valence electrons. The van der Waals surface area contributed by atoms with E-state index in [0.29, 0.717) is 5.58 Å². The minimum absolute atomic E-state index is 0.193. The number of benzene rings is 2. The molecule has 0 aliphatic carbocycles. The summed E-state index contributed by atoms with van der Waals surface area (Å²) < 4.78 is 58.9. The number of halogens is 2. The van der Waals surface area contributed by atoms with Gasteiger partial charge in [-0.1, -0.05) is 18.2 Å². The molecule has 0 saturated heterocycles. The molecule has 0 saturated carbocycles. The molecule has 0 radical (unpaired) electrons. The molecule has 1 unspecified atom stereocenters. The van der Waals surface area contributed by atoms with Crippen molar-refractivity contribution in [2.45, 2.75) is 18.3 Å². The standard InChI is InChI=1S/C18H17F2NO4S/c1-18(22,17-9-12-4-2-3-5-16(12)25-17)11-21-26(23,24)10-13-8-14(19)6-7-15(13)20/h2-9,21-22H,10-11H2,1H3. The van der Waals surface area contributed by atoms with E-state index in [1.165, 1.54) is 6.92 Å². The predicted octanol–water partition coefficient (Wildman–Crippen LogP) is 3.04. The Kier molecular flexibility index (Phi) is 4.83. The van der Waals surface area contributed by atoms with E-state index in [1.54, 1.807) is 24.3 Å². The van der Waals surface area contributed by atoms with Crippen LogP contribution in [0.4, 0.5) is 8.78 Å². The molecule has 1 atom stereocenters. The van der Waals surface area contributed by atoms with E-state index in [0.717, 1.165) is 23.6 Å². The van der Waals surface area contributed by atoms with Crippen LogP contribution in [-0.4, -0.2) is 20.1 Å². The van der Waals surface area contributed by atoms with Crippen LogP contribution < -0.4 is 4.72 Å². The normalized spacial score (nSPS) is 14.5. The number of para-hydroxylation sites is 1. The van der Waals surface area contributed by atoms with Gasteiger partial charge in [0, 0.05) is 17.5 Å². The average molecular weight is 381 g/mol. The molecule has 0 amide bonds. The predicted molar refractivity (Wildman–Crippen MR) is 92.8 cm³/mol. The zero-order valence-electron chi connectivity index (χ0n) is 13.9. The first-order valence-electron chi connectivity index (χ1n) is 7.79. The molecule has 1 heterocycles. The Balaban J connectivity index is 1.74. The monoisotopic (exact) mass is 381 g/mol. The molecule has 0 bridgehead atoms. The van der Waals surface area contributed by atoms with Crippen molar-refractivity contribution in [2.24, 2.45) is 0 Å². The summed E-state index contributed by atoms with van der Waals surface area (Å²) in [6.07, 6.45) is 0. The van der Waals surface area contributed by atoms with Crippen LogP contribution in [0.3, 0.4) is 0 Å². The Morgan fingerprint density at radius 2 is 1.88 bits per heavy atom. The van der Waals surface area contributed by atoms with Crippen LogP contribution >= 0.6 is 0 Å². The van der Waals surface area contributed by atoms with E-state index in [2.05, 4.69) is 4.72 Å². The number of nitrogens with one attached hydrogen (secondary N) is 1. The van der Waals surface area contributed by atoms with Crippen molar-refractivity contribution >= 4 is 21.0 Å². The Hall–Kier alpha value is -2.29. The SMILES string of the molecule is CC(O)(CNS(=O)(=O)Cc1cc(F)ccc1F)c1cc2ccccc2o1. The van der Waals surface area contributed by atoms with Crippen LogP contribution in [-0.2, 0) is 21.4 Å². The van der Waals surface area contributed by atoms with Crippen molar-refractivity contribution < 1.29 is 26.7 Å². The third kappa shape index (κ3) is 4.09. The fourth-order valence-corrected chi connectivity index (χ4v) is 3.73. The van der Waals surface area contributed by atoms with Gasteiger partial charge in [-0.3, -0.25) is 0 Å². The first-order chi connectivity index (χ1) is 12.2. The van der Waals surface area contributed by atoms with Gasteiger partial charge in [0.1, 0.15) is 28.6 Å². The molecule has 3 aromatic rings. The summed E-state index contributed by atoms with van der Waals surface area (Å²) >= 11 is 0. The highest BCUT2D eigenvalue weighted by molar-refractivity contribution is 7.88. The lowest BCUT2D eigenvalue weighted by Gasteiger charge is -2.21. The van der Waals surface area contributed by atoms with Gasteiger partial charge in [-0.2, -0.15) is 0 Å². The van der Waals surface area contributed by atoms with Crippen LogP contribution in [0, 0.1) is 11.6 Å². The molecule has 2 N–H and O–H groups in total. The number of furan rings is 1. The Morgan fingerprint density at radius 1 is 1.15 bits per heavy atom. The van der Waals surface area contributed by atoms with Gasteiger partial charge in [0.15, 0.2) is 0 Å². The first-order valence-corrected chi connectivity index (χ1v) is 9.44. The van der Waals surface area contributed by atoms with Gasteiger partial charge in [0.25, 0.3) is 0 Å². The average Bonchev–Trinajstić information content (AvgIpc) is 3.01. The van der Waals surface area contributed by atoms with E-state index in [-0.39, 0.29) is 17.9 Å². The van der Waals surface area contributed by atoms with Crippen LogP contribution in [0.5, 0.6) is 0 Å². The van der Waals surface area contributed by atoms with Crippen molar-refractivity contribution in [3.63, 3.8) is 0 Å². The second-order valence-electron chi connectivity index (χ2n) is 6.24. The fourth-order valence-electron chi connectivity index (χ4n) is 2.49. The highest BCUT2D eigenvalue weighted by Gasteiger charge is 2.29. The summed E-state index contributed by atoms with van der Waals surface area (Å²) in [6.45, 7) is 1.02. The third-order valence-electron chi connectivity index (χ3n) is 3.95. The van der Waals surface area contributed by atoms with Gasteiger partial charge >= 0.3 is 0 Å². The highest BCUT2D eigenvalue weighted by atomic mass is 32.2. The van der Waals surface area contributed by atoms with Crippen molar-refractivity contribution in [3.05, 3.63) is 71.5 Å². The van der Waals surface area contributed by atoms with Gasteiger partial charge < -0.3 is 9.52 Å². The van der Waals surface area contributed by atoms with Crippen LogP contribution in [0.1, 0.15) is 18.2 Å². The van der Waals surface area contributed by atoms with E-state index in [9.17, 15) is 22.3 Å². The van der Waals surface area contributed by atoms with Crippen molar-refractivity contribution in [1.82, 2.24) is 4.72 Å². The molecule has 26 heavy (non-hydrogen) atoms. The molecule has 5 nitrogen and oxygen atoms in total. The number of sulfonamides is 1. The van der Waals surface area contributed by atoms with Gasteiger partial charge in [0.05, 0.1) is 5.75 Å². The molecule has 1 aromatic heterocycles. The topological polar surface area (TPSA) is 79.5 Å². The number of rotatable bonds is 6. The minimum atomic E-state index is -4.00. The molecule has 0 spiro atoms.